The number of aliphatic hydroxyl groups is 1. The van der Waals surface area contributed by atoms with E-state index in [2.05, 4.69) is 17.6 Å². The number of nitrogens with two attached hydrogens (primary N) is 1. The van der Waals surface area contributed by atoms with Crippen LogP contribution in [0.25, 0.3) is 5.57 Å². The lowest BCUT2D eigenvalue weighted by Crippen LogP contribution is -2.42. The van der Waals surface area contributed by atoms with Crippen LogP contribution in [0.4, 0.5) is 26.3 Å². The first-order valence-corrected chi connectivity index (χ1v) is 12.7. The molecule has 0 aliphatic heterocycles. The maximum Gasteiger partial charge on any atom is 0.421 e. The molecule has 0 aromatic heterocycles. The van der Waals surface area contributed by atoms with Crippen molar-refractivity contribution in [1.29, 1.82) is 0 Å². The molecule has 0 aliphatic rings. The number of halogens is 8. The topological polar surface area (TPSA) is 92.4 Å². The van der Waals surface area contributed by atoms with Crippen molar-refractivity contribution in [2.45, 2.75) is 65.4 Å². The van der Waals surface area contributed by atoms with Gasteiger partial charge in [0.15, 0.2) is 5.60 Å². The van der Waals surface area contributed by atoms with Crippen LogP contribution in [0.15, 0.2) is 43.0 Å². The van der Waals surface area contributed by atoms with Crippen LogP contribution < -0.4 is 11.1 Å². The molecule has 0 bridgehead atoms. The van der Waals surface area contributed by atoms with Crippen molar-refractivity contribution in [3.8, 4) is 0 Å². The predicted molar refractivity (Wildman–Crippen MR) is 147 cm³/mol. The van der Waals surface area contributed by atoms with E-state index in [0.717, 1.165) is 19.1 Å². The maximum atomic E-state index is 13.8. The van der Waals surface area contributed by atoms with Gasteiger partial charge >= 0.3 is 12.4 Å². The van der Waals surface area contributed by atoms with Crippen LogP contribution in [0.1, 0.15) is 67.6 Å². The summed E-state index contributed by atoms with van der Waals surface area (Å²) in [5, 5.41) is 13.2. The molecule has 1 atom stereocenters. The van der Waals surface area contributed by atoms with Crippen LogP contribution in [-0.4, -0.2) is 36.3 Å². The Kier molecular flexibility index (Phi) is 17.6. The first kappa shape index (κ1) is 39.4. The summed E-state index contributed by atoms with van der Waals surface area (Å²) in [6.45, 7) is 12.7. The zero-order chi connectivity index (χ0) is 31.9. The maximum absolute atomic E-state index is 13.8. The van der Waals surface area contributed by atoms with Crippen molar-refractivity contribution in [2.75, 3.05) is 6.54 Å². The lowest BCUT2D eigenvalue weighted by atomic mass is 9.84. The number of carbonyl (C=O) groups excluding carboxylic acids is 2. The Morgan fingerprint density at radius 3 is 1.82 bits per heavy atom. The smallest absolute Gasteiger partial charge is 0.376 e. The third-order valence-corrected chi connectivity index (χ3v) is 5.33. The normalized spacial score (nSPS) is 12.2. The second-order valence-corrected chi connectivity index (χ2v) is 8.66. The van der Waals surface area contributed by atoms with E-state index in [1.165, 1.54) is 18.2 Å². The fraction of sp³-hybridized carbons (Fsp3) is 0.407. The van der Waals surface area contributed by atoms with E-state index in [4.69, 9.17) is 28.0 Å². The average Bonchev–Trinajstić information content (AvgIpc) is 2.84. The molecule has 5 nitrogen and oxygen atoms in total. The fourth-order valence-electron chi connectivity index (χ4n) is 2.96. The summed E-state index contributed by atoms with van der Waals surface area (Å²) >= 11 is 11.7. The van der Waals surface area contributed by atoms with Crippen LogP contribution >= 0.6 is 23.2 Å². The number of benzene rings is 2. The summed E-state index contributed by atoms with van der Waals surface area (Å²) in [6.07, 6.45) is -10.3. The third kappa shape index (κ3) is 13.1. The summed E-state index contributed by atoms with van der Waals surface area (Å²) in [4.78, 5) is 20.6. The summed E-state index contributed by atoms with van der Waals surface area (Å²) in [7, 11) is 0. The summed E-state index contributed by atoms with van der Waals surface area (Å²) in [5.41, 5.74) is 1.88. The van der Waals surface area contributed by atoms with Gasteiger partial charge in [-0.3, -0.25) is 9.59 Å². The average molecular weight is 619 g/mol. The summed E-state index contributed by atoms with van der Waals surface area (Å²) in [5.74, 6) is -0.275. The molecule has 4 N–H and O–H groups in total. The van der Waals surface area contributed by atoms with Gasteiger partial charge in [-0.25, -0.2) is 0 Å². The number of alkyl halides is 6. The van der Waals surface area contributed by atoms with Crippen molar-refractivity contribution >= 4 is 41.1 Å². The van der Waals surface area contributed by atoms with Crippen molar-refractivity contribution in [3.05, 3.63) is 75.3 Å². The number of nitrogens with one attached hydrogen (secondary N) is 1. The Labute approximate surface area is 240 Å². The van der Waals surface area contributed by atoms with Gasteiger partial charge in [-0.1, -0.05) is 62.7 Å². The molecule has 2 amide bonds. The van der Waals surface area contributed by atoms with Gasteiger partial charge in [0.25, 0.3) is 5.91 Å². The number of carbonyl (C=O) groups is 2. The number of aryl methyl sites for hydroxylation is 1. The van der Waals surface area contributed by atoms with Crippen molar-refractivity contribution < 1.29 is 41.0 Å². The highest BCUT2D eigenvalue weighted by Gasteiger charge is 2.55. The van der Waals surface area contributed by atoms with E-state index in [1.807, 2.05) is 13.8 Å². The number of amides is 2. The second kappa shape index (κ2) is 17.8. The van der Waals surface area contributed by atoms with Crippen molar-refractivity contribution in [3.63, 3.8) is 0 Å². The largest absolute Gasteiger partial charge is 0.421 e. The minimum Gasteiger partial charge on any atom is -0.376 e. The molecule has 0 fully saturated rings. The minimum atomic E-state index is -5.00. The molecule has 0 saturated carbocycles. The third-order valence-electron chi connectivity index (χ3n) is 4.90. The quantitative estimate of drug-likeness (QED) is 0.226. The number of hydrogen-bond donors (Lipinski definition) is 3. The van der Waals surface area contributed by atoms with Crippen LogP contribution in [0.5, 0.6) is 0 Å². The molecule has 40 heavy (non-hydrogen) atoms. The molecule has 0 aliphatic carbocycles. The van der Waals surface area contributed by atoms with Gasteiger partial charge < -0.3 is 16.2 Å². The molecule has 2 aromatic carbocycles. The van der Waals surface area contributed by atoms with E-state index in [0.29, 0.717) is 23.2 Å². The Bertz CT molecular complexity index is 1090. The lowest BCUT2D eigenvalue weighted by Gasteiger charge is -2.32. The number of primary amides is 1. The zero-order valence-corrected chi connectivity index (χ0v) is 24.2. The molecule has 0 heterocycles. The highest BCUT2D eigenvalue weighted by Crippen LogP contribution is 2.46. The molecule has 0 radical (unpaired) electrons. The number of hydrogen-bond acceptors (Lipinski definition) is 3. The molecular weight excluding hydrogens is 585 g/mol. The lowest BCUT2D eigenvalue weighted by molar-refractivity contribution is -0.264. The summed E-state index contributed by atoms with van der Waals surface area (Å²) in [6, 6.07) is 7.91. The molecule has 0 spiro atoms. The Hall–Kier alpha value is -2.76. The Morgan fingerprint density at radius 2 is 1.48 bits per heavy atom. The molecule has 2 rings (SSSR count). The van der Waals surface area contributed by atoms with Crippen LogP contribution in [-0.2, 0) is 10.4 Å². The van der Waals surface area contributed by atoms with Crippen molar-refractivity contribution in [1.82, 2.24) is 5.32 Å². The van der Waals surface area contributed by atoms with Gasteiger partial charge in [-0.15, -0.1) is 0 Å². The van der Waals surface area contributed by atoms with E-state index in [-0.39, 0.29) is 27.9 Å². The van der Waals surface area contributed by atoms with Gasteiger partial charge in [-0.05, 0) is 60.4 Å². The van der Waals surface area contributed by atoms with Gasteiger partial charge in [-0.2, -0.15) is 26.3 Å². The molecular formula is C27H34Cl2F6N2O3. The second-order valence-electron chi connectivity index (χ2n) is 7.79. The molecule has 1 unspecified atom stereocenters. The monoisotopic (exact) mass is 618 g/mol. The van der Waals surface area contributed by atoms with Gasteiger partial charge in [0, 0.05) is 35.0 Å². The standard InChI is InChI=1S/C21H20Cl2F3NO2.C3H5F3.C2H6.CH3NO/c1-4-27-19(28)18-6-5-14(7-12(18)2)13(3)11-20(29,21(24,25)26)15-8-16(22)10-17(23)9-15;1-2-3(4,5)6;1-2;2-1-3/h5-10,29H,3-4,11H2,1-2H3,(H,27,28);2H2,1H3;1-2H3;1H,(H2,2,3). The Morgan fingerprint density at radius 1 is 1.02 bits per heavy atom. The van der Waals surface area contributed by atoms with E-state index in [1.54, 1.807) is 19.9 Å². The summed E-state index contributed by atoms with van der Waals surface area (Å²) < 4.78 is 73.9. The van der Waals surface area contributed by atoms with Gasteiger partial charge in [0.05, 0.1) is 0 Å². The van der Waals surface area contributed by atoms with Gasteiger partial charge in [0.2, 0.25) is 6.41 Å². The molecule has 13 heteroatoms. The van der Waals surface area contributed by atoms with Crippen LogP contribution in [0.3, 0.4) is 0 Å². The SMILES string of the molecule is C=C(CC(O)(c1cc(Cl)cc(Cl)c1)C(F)(F)F)c1ccc(C(=O)NCC)c(C)c1.CC.CCC(F)(F)F.NC=O. The van der Waals surface area contributed by atoms with Crippen LogP contribution in [0.2, 0.25) is 10.0 Å². The minimum absolute atomic E-state index is 0.0251. The molecule has 0 saturated heterocycles. The zero-order valence-electron chi connectivity index (χ0n) is 22.7. The molecule has 226 valence electrons. The highest BCUT2D eigenvalue weighted by atomic mass is 35.5. The first-order chi connectivity index (χ1) is 18.4. The fourth-order valence-corrected chi connectivity index (χ4v) is 3.49. The predicted octanol–water partition coefficient (Wildman–Crippen LogP) is 7.99. The van der Waals surface area contributed by atoms with Crippen molar-refractivity contribution in [2.24, 2.45) is 5.73 Å². The first-order valence-electron chi connectivity index (χ1n) is 11.9. The molecule has 2 aromatic rings. The van der Waals surface area contributed by atoms with E-state index in [9.17, 15) is 36.2 Å². The number of rotatable bonds is 6. The van der Waals surface area contributed by atoms with E-state index >= 15 is 0 Å². The van der Waals surface area contributed by atoms with Gasteiger partial charge in [0.1, 0.15) is 0 Å². The highest BCUT2D eigenvalue weighted by molar-refractivity contribution is 6.34. The van der Waals surface area contributed by atoms with E-state index < -0.39 is 36.4 Å². The van der Waals surface area contributed by atoms with Crippen LogP contribution in [0, 0.1) is 6.92 Å². The Balaban J connectivity index is 0.